The molecule has 0 rings (SSSR count). The predicted molar refractivity (Wildman–Crippen MR) is 82.3 cm³/mol. The standard InChI is InChI=1S/C16H24O7/c1-12(11-23-13(2)18)7-9-16(14(19)21-3,15(20)22-4)8-5-6-10-17/h5-7,17H,8-11H2,1-4H3/b6-5+,12-7+. The van der Waals surface area contributed by atoms with Gasteiger partial charge in [0.05, 0.1) is 20.8 Å². The molecule has 0 aromatic heterocycles. The summed E-state index contributed by atoms with van der Waals surface area (Å²) in [7, 11) is 2.37. The number of rotatable bonds is 9. The van der Waals surface area contributed by atoms with Crippen molar-refractivity contribution in [1.29, 1.82) is 0 Å². The summed E-state index contributed by atoms with van der Waals surface area (Å²) in [5.74, 6) is -1.89. The number of allylic oxidation sites excluding steroid dienone is 2. The maximum Gasteiger partial charge on any atom is 0.323 e. The van der Waals surface area contributed by atoms with Crippen LogP contribution in [0.4, 0.5) is 0 Å². The van der Waals surface area contributed by atoms with E-state index in [9.17, 15) is 14.4 Å². The molecule has 0 fully saturated rings. The van der Waals surface area contributed by atoms with Crippen molar-refractivity contribution in [2.75, 3.05) is 27.4 Å². The Kier molecular flexibility index (Phi) is 9.57. The summed E-state index contributed by atoms with van der Waals surface area (Å²) >= 11 is 0. The Labute approximate surface area is 135 Å². The van der Waals surface area contributed by atoms with Gasteiger partial charge in [0, 0.05) is 6.92 Å². The van der Waals surface area contributed by atoms with Gasteiger partial charge in [-0.1, -0.05) is 18.2 Å². The van der Waals surface area contributed by atoms with Crippen LogP contribution >= 0.6 is 0 Å². The van der Waals surface area contributed by atoms with Gasteiger partial charge in [0.2, 0.25) is 0 Å². The maximum absolute atomic E-state index is 12.2. The van der Waals surface area contributed by atoms with E-state index >= 15 is 0 Å². The second kappa shape index (κ2) is 10.6. The number of carbonyl (C=O) groups is 3. The van der Waals surface area contributed by atoms with Crippen molar-refractivity contribution in [3.63, 3.8) is 0 Å². The van der Waals surface area contributed by atoms with Crippen molar-refractivity contribution in [3.8, 4) is 0 Å². The fraction of sp³-hybridized carbons (Fsp3) is 0.562. The van der Waals surface area contributed by atoms with Gasteiger partial charge in [-0.3, -0.25) is 14.4 Å². The first-order valence-corrected chi connectivity index (χ1v) is 7.05. The Balaban J connectivity index is 5.41. The van der Waals surface area contributed by atoms with Crippen LogP contribution in [0.1, 0.15) is 26.7 Å². The van der Waals surface area contributed by atoms with E-state index in [1.807, 2.05) is 0 Å². The van der Waals surface area contributed by atoms with Gasteiger partial charge in [0.1, 0.15) is 6.61 Å². The molecule has 130 valence electrons. The van der Waals surface area contributed by atoms with Crippen molar-refractivity contribution in [1.82, 2.24) is 0 Å². The van der Waals surface area contributed by atoms with Gasteiger partial charge >= 0.3 is 17.9 Å². The lowest BCUT2D eigenvalue weighted by atomic mass is 9.80. The lowest BCUT2D eigenvalue weighted by molar-refractivity contribution is -0.168. The number of carbonyl (C=O) groups excluding carboxylic acids is 3. The molecule has 23 heavy (non-hydrogen) atoms. The largest absolute Gasteiger partial charge is 0.468 e. The number of aliphatic hydroxyl groups excluding tert-OH is 1. The fourth-order valence-electron chi connectivity index (χ4n) is 1.87. The first-order valence-electron chi connectivity index (χ1n) is 7.05. The quantitative estimate of drug-likeness (QED) is 0.293. The van der Waals surface area contributed by atoms with E-state index in [4.69, 9.17) is 19.3 Å². The fourth-order valence-corrected chi connectivity index (χ4v) is 1.87. The van der Waals surface area contributed by atoms with Crippen molar-refractivity contribution >= 4 is 17.9 Å². The summed E-state index contributed by atoms with van der Waals surface area (Å²) in [5, 5.41) is 8.82. The van der Waals surface area contributed by atoms with E-state index in [0.29, 0.717) is 5.57 Å². The van der Waals surface area contributed by atoms with Crippen LogP contribution in [0.5, 0.6) is 0 Å². The zero-order valence-electron chi connectivity index (χ0n) is 14.0. The van der Waals surface area contributed by atoms with E-state index in [-0.39, 0.29) is 26.1 Å². The number of methoxy groups -OCH3 is 2. The second-order valence-corrected chi connectivity index (χ2v) is 4.96. The van der Waals surface area contributed by atoms with Gasteiger partial charge in [-0.15, -0.1) is 0 Å². The zero-order valence-corrected chi connectivity index (χ0v) is 14.0. The Morgan fingerprint density at radius 1 is 1.00 bits per heavy atom. The van der Waals surface area contributed by atoms with Crippen molar-refractivity contribution in [3.05, 3.63) is 23.8 Å². The molecule has 0 heterocycles. The maximum atomic E-state index is 12.2. The third-order valence-electron chi connectivity index (χ3n) is 3.19. The van der Waals surface area contributed by atoms with Crippen LogP contribution < -0.4 is 0 Å². The Hall–Kier alpha value is -2.15. The van der Waals surface area contributed by atoms with Crippen LogP contribution in [0.2, 0.25) is 0 Å². The first kappa shape index (κ1) is 20.9. The number of esters is 3. The monoisotopic (exact) mass is 328 g/mol. The van der Waals surface area contributed by atoms with Crippen LogP contribution in [-0.2, 0) is 28.6 Å². The molecule has 0 aliphatic rings. The minimum absolute atomic E-state index is 0.0181. The number of ether oxygens (including phenoxy) is 3. The molecular formula is C16H24O7. The number of aliphatic hydroxyl groups is 1. The van der Waals surface area contributed by atoms with E-state index in [1.54, 1.807) is 13.0 Å². The van der Waals surface area contributed by atoms with Gasteiger partial charge in [-0.25, -0.2) is 0 Å². The van der Waals surface area contributed by atoms with Gasteiger partial charge in [-0.2, -0.15) is 0 Å². The van der Waals surface area contributed by atoms with Crippen LogP contribution in [0.3, 0.4) is 0 Å². The van der Waals surface area contributed by atoms with Crippen LogP contribution in [0.15, 0.2) is 23.8 Å². The average Bonchev–Trinajstić information content (AvgIpc) is 2.54. The highest BCUT2D eigenvalue weighted by molar-refractivity contribution is 6.00. The second-order valence-electron chi connectivity index (χ2n) is 4.96. The summed E-state index contributed by atoms with van der Waals surface area (Å²) in [6.45, 7) is 2.87. The van der Waals surface area contributed by atoms with Crippen molar-refractivity contribution < 1.29 is 33.7 Å². The highest BCUT2D eigenvalue weighted by atomic mass is 16.5. The Morgan fingerprint density at radius 2 is 1.57 bits per heavy atom. The Morgan fingerprint density at radius 3 is 2.00 bits per heavy atom. The molecule has 0 atom stereocenters. The third kappa shape index (κ3) is 6.65. The first-order chi connectivity index (χ1) is 10.8. The van der Waals surface area contributed by atoms with Gasteiger partial charge in [-0.05, 0) is 25.3 Å². The molecule has 0 unspecified atom stereocenters. The number of hydrogen-bond acceptors (Lipinski definition) is 7. The average molecular weight is 328 g/mol. The highest BCUT2D eigenvalue weighted by Gasteiger charge is 2.46. The topological polar surface area (TPSA) is 99.1 Å². The van der Waals surface area contributed by atoms with E-state index < -0.39 is 23.3 Å². The normalized spacial score (nSPS) is 12.1. The van der Waals surface area contributed by atoms with Crippen molar-refractivity contribution in [2.24, 2.45) is 5.41 Å². The summed E-state index contributed by atoms with van der Waals surface area (Å²) < 4.78 is 14.4. The zero-order chi connectivity index (χ0) is 17.9. The molecule has 0 aromatic rings. The minimum atomic E-state index is -1.55. The molecule has 0 amide bonds. The molecule has 0 saturated carbocycles. The van der Waals surface area contributed by atoms with E-state index in [1.165, 1.54) is 33.3 Å². The molecule has 7 nitrogen and oxygen atoms in total. The van der Waals surface area contributed by atoms with Crippen LogP contribution in [-0.4, -0.2) is 50.4 Å². The van der Waals surface area contributed by atoms with Gasteiger partial charge < -0.3 is 19.3 Å². The Bertz CT molecular complexity index is 461. The molecule has 7 heteroatoms. The molecule has 0 saturated heterocycles. The van der Waals surface area contributed by atoms with Gasteiger partial charge in [0.15, 0.2) is 5.41 Å². The van der Waals surface area contributed by atoms with Crippen molar-refractivity contribution in [2.45, 2.75) is 26.7 Å². The third-order valence-corrected chi connectivity index (χ3v) is 3.19. The van der Waals surface area contributed by atoms with E-state index in [0.717, 1.165) is 0 Å². The molecular weight excluding hydrogens is 304 g/mol. The van der Waals surface area contributed by atoms with Gasteiger partial charge in [0.25, 0.3) is 0 Å². The summed E-state index contributed by atoms with van der Waals surface area (Å²) in [6.07, 6.45) is 4.61. The molecule has 0 bridgehead atoms. The lowest BCUT2D eigenvalue weighted by Crippen LogP contribution is -2.40. The lowest BCUT2D eigenvalue weighted by Gasteiger charge is -2.26. The SMILES string of the molecule is COC(=O)C(C/C=C/CO)(C/C=C(\C)COC(C)=O)C(=O)OC. The van der Waals surface area contributed by atoms with E-state index in [2.05, 4.69) is 0 Å². The van der Waals surface area contributed by atoms with Crippen LogP contribution in [0.25, 0.3) is 0 Å². The smallest absolute Gasteiger partial charge is 0.323 e. The summed E-state index contributed by atoms with van der Waals surface area (Å²) in [4.78, 5) is 35.1. The highest BCUT2D eigenvalue weighted by Crippen LogP contribution is 2.32. The molecule has 1 N–H and O–H groups in total. The molecule has 0 spiro atoms. The molecule has 0 radical (unpaired) electrons. The predicted octanol–water partition coefficient (Wildman–Crippen LogP) is 1.16. The minimum Gasteiger partial charge on any atom is -0.468 e. The van der Waals surface area contributed by atoms with Crippen LogP contribution in [0, 0.1) is 5.41 Å². The molecule has 0 aromatic carbocycles. The summed E-state index contributed by atoms with van der Waals surface area (Å²) in [6, 6.07) is 0. The molecule has 0 aliphatic heterocycles. The molecule has 0 aliphatic carbocycles. The summed E-state index contributed by atoms with van der Waals surface area (Å²) in [5.41, 5.74) is -0.865. The number of hydrogen-bond donors (Lipinski definition) is 1.